The van der Waals surface area contributed by atoms with Crippen molar-refractivity contribution in [3.63, 3.8) is 0 Å². The number of hydrogen-bond donors (Lipinski definition) is 1. The third kappa shape index (κ3) is 4.49. The van der Waals surface area contributed by atoms with Crippen LogP contribution in [0.1, 0.15) is 21.7 Å². The summed E-state index contributed by atoms with van der Waals surface area (Å²) in [6.07, 6.45) is 0. The molecule has 0 aliphatic carbocycles. The van der Waals surface area contributed by atoms with Gasteiger partial charge in [0, 0.05) is 23.2 Å². The molecule has 10 heteroatoms. The number of aromatic nitrogens is 2. The fourth-order valence-electron chi connectivity index (χ4n) is 3.41. The van der Waals surface area contributed by atoms with Crippen molar-refractivity contribution in [2.75, 3.05) is 16.9 Å². The SMILES string of the molecule is Cc1cc(=O)c(C(=O)N2CSCC2C(=O)Nc2ccc(C#N)cc2)nn1-c1ccccc1F. The van der Waals surface area contributed by atoms with E-state index in [-0.39, 0.29) is 17.3 Å². The molecular formula is C23H18FN5O3S. The molecule has 1 N–H and O–H groups in total. The lowest BCUT2D eigenvalue weighted by molar-refractivity contribution is -0.119. The number of thioether (sulfide) groups is 1. The lowest BCUT2D eigenvalue weighted by Gasteiger charge is -2.23. The van der Waals surface area contributed by atoms with E-state index in [1.54, 1.807) is 37.3 Å². The molecule has 2 aromatic carbocycles. The zero-order valence-corrected chi connectivity index (χ0v) is 18.3. The standard InChI is InChI=1S/C23H18FN5O3S/c1-14-10-20(30)21(27-29(14)18-5-3-2-4-17(18)24)23(32)28-13-33-12-19(28)22(31)26-16-8-6-15(11-25)7-9-16/h2-10,19H,12-13H2,1H3,(H,26,31). The van der Waals surface area contributed by atoms with E-state index in [2.05, 4.69) is 10.4 Å². The Kier molecular flexibility index (Phi) is 6.24. The van der Waals surface area contributed by atoms with Crippen molar-refractivity contribution < 1.29 is 14.0 Å². The molecule has 166 valence electrons. The van der Waals surface area contributed by atoms with E-state index < -0.39 is 29.1 Å². The van der Waals surface area contributed by atoms with Crippen LogP contribution in [0.2, 0.25) is 0 Å². The summed E-state index contributed by atoms with van der Waals surface area (Å²) in [5.41, 5.74) is 0.426. The lowest BCUT2D eigenvalue weighted by atomic mass is 10.2. The van der Waals surface area contributed by atoms with Crippen LogP contribution >= 0.6 is 11.8 Å². The van der Waals surface area contributed by atoms with Gasteiger partial charge in [0.1, 0.15) is 17.5 Å². The van der Waals surface area contributed by atoms with Crippen LogP contribution < -0.4 is 10.7 Å². The second-order valence-corrected chi connectivity index (χ2v) is 8.33. The monoisotopic (exact) mass is 463 g/mol. The zero-order chi connectivity index (χ0) is 23.5. The van der Waals surface area contributed by atoms with Crippen molar-refractivity contribution in [2.45, 2.75) is 13.0 Å². The van der Waals surface area contributed by atoms with Gasteiger partial charge in [-0.2, -0.15) is 10.4 Å². The van der Waals surface area contributed by atoms with E-state index in [1.807, 2.05) is 6.07 Å². The number of rotatable bonds is 4. The molecule has 1 aliphatic rings. The highest BCUT2D eigenvalue weighted by molar-refractivity contribution is 7.99. The highest BCUT2D eigenvalue weighted by atomic mass is 32.2. The number of nitrogens with one attached hydrogen (secondary N) is 1. The van der Waals surface area contributed by atoms with Gasteiger partial charge >= 0.3 is 0 Å². The summed E-state index contributed by atoms with van der Waals surface area (Å²) in [7, 11) is 0. The van der Waals surface area contributed by atoms with Crippen molar-refractivity contribution in [1.82, 2.24) is 14.7 Å². The van der Waals surface area contributed by atoms with Gasteiger partial charge in [0.05, 0.1) is 17.5 Å². The number of nitrogens with zero attached hydrogens (tertiary/aromatic N) is 4. The minimum Gasteiger partial charge on any atom is -0.324 e. The molecule has 1 fully saturated rings. The van der Waals surface area contributed by atoms with Crippen molar-refractivity contribution in [2.24, 2.45) is 0 Å². The first-order chi connectivity index (χ1) is 15.9. The molecule has 0 spiro atoms. The summed E-state index contributed by atoms with van der Waals surface area (Å²) >= 11 is 1.37. The molecule has 1 unspecified atom stereocenters. The van der Waals surface area contributed by atoms with Crippen molar-refractivity contribution >= 4 is 29.3 Å². The Morgan fingerprint density at radius 2 is 1.94 bits per heavy atom. The molecule has 1 aliphatic heterocycles. The van der Waals surface area contributed by atoms with E-state index in [9.17, 15) is 18.8 Å². The van der Waals surface area contributed by atoms with Crippen LogP contribution in [0, 0.1) is 24.1 Å². The second-order valence-electron chi connectivity index (χ2n) is 7.33. The van der Waals surface area contributed by atoms with Crippen molar-refractivity contribution in [3.8, 4) is 11.8 Å². The Balaban J connectivity index is 1.61. The summed E-state index contributed by atoms with van der Waals surface area (Å²) < 4.78 is 15.5. The Labute approximate surface area is 192 Å². The molecule has 2 amide bonds. The Morgan fingerprint density at radius 1 is 1.21 bits per heavy atom. The predicted octanol–water partition coefficient (Wildman–Crippen LogP) is 2.71. The number of para-hydroxylation sites is 1. The molecular weight excluding hydrogens is 445 g/mol. The average molecular weight is 463 g/mol. The van der Waals surface area contributed by atoms with Gasteiger partial charge in [0.2, 0.25) is 11.3 Å². The smallest absolute Gasteiger partial charge is 0.279 e. The number of amides is 2. The summed E-state index contributed by atoms with van der Waals surface area (Å²) in [5.74, 6) is -1.11. The van der Waals surface area contributed by atoms with Gasteiger partial charge in [-0.05, 0) is 43.3 Å². The molecule has 0 radical (unpaired) electrons. The van der Waals surface area contributed by atoms with E-state index >= 15 is 0 Å². The topological polar surface area (TPSA) is 108 Å². The fourth-order valence-corrected chi connectivity index (χ4v) is 4.57. The summed E-state index contributed by atoms with van der Waals surface area (Å²) in [5, 5.41) is 15.8. The molecule has 2 heterocycles. The number of nitriles is 1. The normalized spacial score (nSPS) is 15.2. The molecule has 3 aromatic rings. The van der Waals surface area contributed by atoms with Gasteiger partial charge < -0.3 is 10.2 Å². The average Bonchev–Trinajstić information content (AvgIpc) is 3.30. The number of anilines is 1. The third-order valence-corrected chi connectivity index (χ3v) is 6.13. The Morgan fingerprint density at radius 3 is 2.64 bits per heavy atom. The number of carbonyl (C=O) groups is 2. The first kappa shape index (κ1) is 22.2. The van der Waals surface area contributed by atoms with E-state index in [1.165, 1.54) is 45.6 Å². The van der Waals surface area contributed by atoms with E-state index in [4.69, 9.17) is 5.26 Å². The summed E-state index contributed by atoms with van der Waals surface area (Å²) in [6, 6.07) is 14.7. The van der Waals surface area contributed by atoms with Gasteiger partial charge in [-0.15, -0.1) is 11.8 Å². The van der Waals surface area contributed by atoms with Gasteiger partial charge in [-0.1, -0.05) is 12.1 Å². The highest BCUT2D eigenvalue weighted by Gasteiger charge is 2.37. The van der Waals surface area contributed by atoms with Gasteiger partial charge in [-0.25, -0.2) is 9.07 Å². The maximum atomic E-state index is 14.3. The predicted molar refractivity (Wildman–Crippen MR) is 122 cm³/mol. The molecule has 1 atom stereocenters. The summed E-state index contributed by atoms with van der Waals surface area (Å²) in [6.45, 7) is 1.59. The molecule has 0 saturated carbocycles. The Hall–Kier alpha value is -3.97. The largest absolute Gasteiger partial charge is 0.324 e. The minimum absolute atomic E-state index is 0.106. The molecule has 4 rings (SSSR count). The zero-order valence-electron chi connectivity index (χ0n) is 17.5. The van der Waals surface area contributed by atoms with Gasteiger partial charge in [0.15, 0.2) is 5.69 Å². The van der Waals surface area contributed by atoms with E-state index in [0.29, 0.717) is 22.7 Å². The lowest BCUT2D eigenvalue weighted by Crippen LogP contribution is -2.46. The van der Waals surface area contributed by atoms with Crippen LogP contribution in [0.5, 0.6) is 0 Å². The van der Waals surface area contributed by atoms with Crippen molar-refractivity contribution in [3.05, 3.63) is 87.6 Å². The van der Waals surface area contributed by atoms with Crippen LogP contribution in [0.15, 0.2) is 59.4 Å². The van der Waals surface area contributed by atoms with Gasteiger partial charge in [-0.3, -0.25) is 14.4 Å². The first-order valence-electron chi connectivity index (χ1n) is 9.94. The van der Waals surface area contributed by atoms with Crippen molar-refractivity contribution in [1.29, 1.82) is 5.26 Å². The maximum absolute atomic E-state index is 14.3. The minimum atomic E-state index is -0.817. The summed E-state index contributed by atoms with van der Waals surface area (Å²) in [4.78, 5) is 39.9. The Bertz CT molecular complexity index is 1330. The second kappa shape index (κ2) is 9.26. The molecule has 8 nitrogen and oxygen atoms in total. The number of halogens is 1. The molecule has 0 bridgehead atoms. The highest BCUT2D eigenvalue weighted by Crippen LogP contribution is 2.24. The molecule has 1 saturated heterocycles. The van der Waals surface area contributed by atoms with Crippen LogP contribution in [0.4, 0.5) is 10.1 Å². The van der Waals surface area contributed by atoms with Crippen LogP contribution in [-0.4, -0.2) is 44.2 Å². The number of aryl methyl sites for hydroxylation is 1. The fraction of sp³-hybridized carbons (Fsp3) is 0.174. The number of hydrogen-bond acceptors (Lipinski definition) is 6. The molecule has 1 aromatic heterocycles. The van der Waals surface area contributed by atoms with Crippen LogP contribution in [0.3, 0.4) is 0 Å². The first-order valence-corrected chi connectivity index (χ1v) is 11.1. The van der Waals surface area contributed by atoms with E-state index in [0.717, 1.165) is 0 Å². The number of carbonyl (C=O) groups excluding carboxylic acids is 2. The van der Waals surface area contributed by atoms with Gasteiger partial charge in [0.25, 0.3) is 5.91 Å². The van der Waals surface area contributed by atoms with Crippen LogP contribution in [0.25, 0.3) is 5.69 Å². The van der Waals surface area contributed by atoms with Crippen LogP contribution in [-0.2, 0) is 4.79 Å². The molecule has 33 heavy (non-hydrogen) atoms. The quantitative estimate of drug-likeness (QED) is 0.637. The third-order valence-electron chi connectivity index (χ3n) is 5.12. The maximum Gasteiger partial charge on any atom is 0.279 e. The number of benzene rings is 2.